The Balaban J connectivity index is 2.31. The van der Waals surface area contributed by atoms with E-state index >= 15 is 0 Å². The lowest BCUT2D eigenvalue weighted by Crippen LogP contribution is -1.96. The lowest BCUT2D eigenvalue weighted by molar-refractivity contribution is 0.386. The fraction of sp³-hybridized carbons (Fsp3) is 0.357. The summed E-state index contributed by atoms with van der Waals surface area (Å²) < 4.78 is 18.4. The third-order valence-electron chi connectivity index (χ3n) is 2.87. The van der Waals surface area contributed by atoms with Crippen LogP contribution in [0.1, 0.15) is 35.9 Å². The number of halogens is 1. The highest BCUT2D eigenvalue weighted by Gasteiger charge is 2.14. The summed E-state index contributed by atoms with van der Waals surface area (Å²) in [6.07, 6.45) is 0.693. The number of methoxy groups -OCH3 is 1. The third kappa shape index (κ3) is 3.04. The number of rotatable bonds is 4. The van der Waals surface area contributed by atoms with Crippen LogP contribution in [0.2, 0.25) is 0 Å². The largest absolute Gasteiger partial charge is 0.494 e. The van der Waals surface area contributed by atoms with Crippen molar-refractivity contribution in [2.75, 3.05) is 12.8 Å². The van der Waals surface area contributed by atoms with Crippen LogP contribution in [0.25, 0.3) is 0 Å². The number of hydrogen-bond donors (Lipinski definition) is 1. The van der Waals surface area contributed by atoms with Crippen LogP contribution in [0.3, 0.4) is 0 Å². The maximum absolute atomic E-state index is 13.4. The van der Waals surface area contributed by atoms with E-state index in [1.807, 2.05) is 0 Å². The molecule has 1 heterocycles. The molecule has 19 heavy (non-hydrogen) atoms. The van der Waals surface area contributed by atoms with Crippen LogP contribution in [-0.4, -0.2) is 12.1 Å². The molecule has 0 aliphatic rings. The Morgan fingerprint density at radius 1 is 1.42 bits per heavy atom. The molecule has 3 nitrogen and oxygen atoms in total. The first-order valence-electron chi connectivity index (χ1n) is 6.08. The van der Waals surface area contributed by atoms with E-state index in [2.05, 4.69) is 18.8 Å². The molecule has 2 aromatic rings. The van der Waals surface area contributed by atoms with Gasteiger partial charge in [-0.15, -0.1) is 11.3 Å². The van der Waals surface area contributed by atoms with Gasteiger partial charge in [0.25, 0.3) is 0 Å². The van der Waals surface area contributed by atoms with Crippen molar-refractivity contribution in [2.24, 2.45) is 0 Å². The predicted molar refractivity (Wildman–Crippen MR) is 76.4 cm³/mol. The van der Waals surface area contributed by atoms with Crippen molar-refractivity contribution in [3.63, 3.8) is 0 Å². The van der Waals surface area contributed by atoms with Gasteiger partial charge in [-0.05, 0) is 23.6 Å². The van der Waals surface area contributed by atoms with Crippen LogP contribution in [-0.2, 0) is 6.42 Å². The fourth-order valence-electron chi connectivity index (χ4n) is 1.96. The molecule has 2 N–H and O–H groups in total. The van der Waals surface area contributed by atoms with Gasteiger partial charge in [-0.1, -0.05) is 19.9 Å². The summed E-state index contributed by atoms with van der Waals surface area (Å²) in [5.41, 5.74) is 7.78. The second kappa shape index (κ2) is 5.57. The molecule has 0 atom stereocenters. The molecule has 1 aromatic heterocycles. The zero-order valence-electron chi connectivity index (χ0n) is 11.2. The SMILES string of the molecule is COc1cc(Cc2sc(N)nc2C(C)C)ccc1F. The average Bonchev–Trinajstić information content (AvgIpc) is 2.73. The number of hydrogen-bond acceptors (Lipinski definition) is 4. The molecule has 0 radical (unpaired) electrons. The number of nitrogens with two attached hydrogens (primary N) is 1. The Hall–Kier alpha value is -1.62. The summed E-state index contributed by atoms with van der Waals surface area (Å²) in [5.74, 6) is 0.242. The van der Waals surface area contributed by atoms with Crippen molar-refractivity contribution in [3.05, 3.63) is 40.2 Å². The van der Waals surface area contributed by atoms with E-state index in [9.17, 15) is 4.39 Å². The lowest BCUT2D eigenvalue weighted by Gasteiger charge is -2.07. The van der Waals surface area contributed by atoms with E-state index in [0.29, 0.717) is 17.5 Å². The van der Waals surface area contributed by atoms with Gasteiger partial charge in [0.15, 0.2) is 16.7 Å². The number of anilines is 1. The van der Waals surface area contributed by atoms with Crippen molar-refractivity contribution in [2.45, 2.75) is 26.2 Å². The molecule has 0 bridgehead atoms. The highest BCUT2D eigenvalue weighted by atomic mass is 32.1. The third-order valence-corrected chi connectivity index (χ3v) is 3.77. The summed E-state index contributed by atoms with van der Waals surface area (Å²) >= 11 is 1.49. The van der Waals surface area contributed by atoms with Crippen LogP contribution in [0.5, 0.6) is 5.75 Å². The van der Waals surface area contributed by atoms with E-state index in [0.717, 1.165) is 16.1 Å². The van der Waals surface area contributed by atoms with Crippen LogP contribution in [0.15, 0.2) is 18.2 Å². The van der Waals surface area contributed by atoms with Gasteiger partial charge in [0.1, 0.15) is 0 Å². The second-order valence-electron chi connectivity index (χ2n) is 4.66. The molecule has 2 rings (SSSR count). The molecular weight excluding hydrogens is 263 g/mol. The quantitative estimate of drug-likeness (QED) is 0.931. The monoisotopic (exact) mass is 280 g/mol. The maximum Gasteiger partial charge on any atom is 0.180 e. The molecule has 0 spiro atoms. The molecule has 0 amide bonds. The Morgan fingerprint density at radius 3 is 2.79 bits per heavy atom. The summed E-state index contributed by atoms with van der Waals surface area (Å²) in [5, 5.41) is 0.577. The number of nitrogen functional groups attached to an aromatic ring is 1. The Morgan fingerprint density at radius 2 is 2.16 bits per heavy atom. The Kier molecular flexibility index (Phi) is 4.04. The maximum atomic E-state index is 13.4. The van der Waals surface area contributed by atoms with E-state index in [1.165, 1.54) is 24.5 Å². The first-order chi connectivity index (χ1) is 9.01. The minimum Gasteiger partial charge on any atom is -0.494 e. The molecule has 0 saturated carbocycles. The smallest absolute Gasteiger partial charge is 0.180 e. The first kappa shape index (κ1) is 13.8. The van der Waals surface area contributed by atoms with Crippen molar-refractivity contribution in [1.82, 2.24) is 4.98 Å². The predicted octanol–water partition coefficient (Wildman–Crippen LogP) is 3.59. The molecule has 0 fully saturated rings. The van der Waals surface area contributed by atoms with E-state index in [1.54, 1.807) is 12.1 Å². The molecule has 1 aromatic carbocycles. The van der Waals surface area contributed by atoms with E-state index < -0.39 is 0 Å². The van der Waals surface area contributed by atoms with Gasteiger partial charge in [-0.25, -0.2) is 9.37 Å². The van der Waals surface area contributed by atoms with Gasteiger partial charge in [0.2, 0.25) is 0 Å². The van der Waals surface area contributed by atoms with Gasteiger partial charge in [-0.3, -0.25) is 0 Å². The summed E-state index contributed by atoms with van der Waals surface area (Å²) in [6.45, 7) is 4.17. The zero-order chi connectivity index (χ0) is 14.0. The summed E-state index contributed by atoms with van der Waals surface area (Å²) in [6, 6.07) is 4.90. The van der Waals surface area contributed by atoms with Gasteiger partial charge < -0.3 is 10.5 Å². The van der Waals surface area contributed by atoms with E-state index in [4.69, 9.17) is 10.5 Å². The van der Waals surface area contributed by atoms with Crippen molar-refractivity contribution < 1.29 is 9.13 Å². The van der Waals surface area contributed by atoms with Crippen LogP contribution >= 0.6 is 11.3 Å². The molecule has 0 aliphatic carbocycles. The number of nitrogens with zero attached hydrogens (tertiary/aromatic N) is 1. The second-order valence-corrected chi connectivity index (χ2v) is 5.78. The van der Waals surface area contributed by atoms with Gasteiger partial charge in [-0.2, -0.15) is 0 Å². The zero-order valence-corrected chi connectivity index (χ0v) is 12.1. The molecular formula is C14H17FN2OS. The molecule has 0 aliphatic heterocycles. The standard InChI is InChI=1S/C14H17FN2OS/c1-8(2)13-12(19-14(16)17-13)7-9-4-5-10(15)11(6-9)18-3/h4-6,8H,7H2,1-3H3,(H2,16,17). The Labute approximate surface area is 116 Å². The highest BCUT2D eigenvalue weighted by molar-refractivity contribution is 7.15. The Bertz CT molecular complexity index is 581. The number of aromatic nitrogens is 1. The number of benzene rings is 1. The highest BCUT2D eigenvalue weighted by Crippen LogP contribution is 2.30. The fourth-order valence-corrected chi connectivity index (χ4v) is 2.98. The van der Waals surface area contributed by atoms with Gasteiger partial charge >= 0.3 is 0 Å². The molecule has 102 valence electrons. The topological polar surface area (TPSA) is 48.1 Å². The van der Waals surface area contributed by atoms with E-state index in [-0.39, 0.29) is 11.6 Å². The van der Waals surface area contributed by atoms with Crippen LogP contribution < -0.4 is 10.5 Å². The lowest BCUT2D eigenvalue weighted by atomic mass is 10.0. The first-order valence-corrected chi connectivity index (χ1v) is 6.90. The minimum atomic E-state index is -0.348. The normalized spacial score (nSPS) is 11.0. The van der Waals surface area contributed by atoms with Gasteiger partial charge in [0.05, 0.1) is 12.8 Å². The summed E-state index contributed by atoms with van der Waals surface area (Å²) in [4.78, 5) is 5.48. The minimum absolute atomic E-state index is 0.265. The average molecular weight is 280 g/mol. The van der Waals surface area contributed by atoms with Crippen molar-refractivity contribution >= 4 is 16.5 Å². The number of thiazole rings is 1. The van der Waals surface area contributed by atoms with Crippen LogP contribution in [0.4, 0.5) is 9.52 Å². The molecule has 0 unspecified atom stereocenters. The number of ether oxygens (including phenoxy) is 1. The molecule has 0 saturated heterocycles. The van der Waals surface area contributed by atoms with Crippen molar-refractivity contribution in [1.29, 1.82) is 0 Å². The molecule has 5 heteroatoms. The van der Waals surface area contributed by atoms with Gasteiger partial charge in [0, 0.05) is 11.3 Å². The van der Waals surface area contributed by atoms with Crippen LogP contribution in [0, 0.1) is 5.82 Å². The summed E-state index contributed by atoms with van der Waals surface area (Å²) in [7, 11) is 1.46. The van der Waals surface area contributed by atoms with Crippen molar-refractivity contribution in [3.8, 4) is 5.75 Å².